The van der Waals surface area contributed by atoms with E-state index in [1.165, 1.54) is 33.4 Å². The molecule has 7 aromatic rings. The molecule has 0 radical (unpaired) electrons. The van der Waals surface area contributed by atoms with Crippen molar-refractivity contribution in [2.24, 2.45) is 0 Å². The molecular formula is C42H30BrN3. The highest BCUT2D eigenvalue weighted by atomic mass is 79.9. The fourth-order valence-corrected chi connectivity index (χ4v) is 7.08. The molecule has 0 saturated carbocycles. The minimum absolute atomic E-state index is 0.0488. The van der Waals surface area contributed by atoms with Crippen LogP contribution in [-0.4, -0.2) is 15.0 Å². The first-order chi connectivity index (χ1) is 22.4. The third kappa shape index (κ3) is 5.05. The van der Waals surface area contributed by atoms with Crippen LogP contribution >= 0.6 is 15.9 Å². The Kier molecular flexibility index (Phi) is 6.96. The van der Waals surface area contributed by atoms with E-state index < -0.39 is 0 Å². The Morgan fingerprint density at radius 1 is 0.391 bits per heavy atom. The predicted octanol–water partition coefficient (Wildman–Crippen LogP) is 11.3. The Morgan fingerprint density at radius 3 is 1.52 bits per heavy atom. The second-order valence-corrected chi connectivity index (χ2v) is 13.2. The smallest absolute Gasteiger partial charge is 0.164 e. The standard InChI is InChI=1S/C42H30BrN3/c1-42(2)37-19-10-9-18-35(37)36-21-20-30(26-38(36)42)33-23-32(24-34(43)25-33)29-16-11-17-31(22-29)41-45-39(27-12-5-3-6-13-27)44-40(46-41)28-14-7-4-8-15-28/h3-26H,1-2H3. The van der Waals surface area contributed by atoms with Crippen LogP contribution in [0, 0.1) is 0 Å². The Hall–Kier alpha value is -5.19. The zero-order valence-corrected chi connectivity index (χ0v) is 27.2. The highest BCUT2D eigenvalue weighted by Gasteiger charge is 2.35. The first kappa shape index (κ1) is 28.3. The van der Waals surface area contributed by atoms with Crippen molar-refractivity contribution in [3.05, 3.63) is 161 Å². The SMILES string of the molecule is CC1(C)c2ccccc2-c2ccc(-c3cc(Br)cc(-c4cccc(-c5nc(-c6ccccc6)nc(-c6ccccc6)n5)c4)c3)cc21. The lowest BCUT2D eigenvalue weighted by Gasteiger charge is -2.22. The highest BCUT2D eigenvalue weighted by molar-refractivity contribution is 9.10. The summed E-state index contributed by atoms with van der Waals surface area (Å²) in [6.07, 6.45) is 0. The molecule has 1 aromatic heterocycles. The molecule has 3 nitrogen and oxygen atoms in total. The van der Waals surface area contributed by atoms with Gasteiger partial charge in [0.15, 0.2) is 17.5 Å². The van der Waals surface area contributed by atoms with E-state index in [4.69, 9.17) is 15.0 Å². The van der Waals surface area contributed by atoms with Crippen molar-refractivity contribution in [2.75, 3.05) is 0 Å². The first-order valence-corrected chi connectivity index (χ1v) is 16.3. The van der Waals surface area contributed by atoms with E-state index >= 15 is 0 Å². The fourth-order valence-electron chi connectivity index (χ4n) is 6.58. The maximum atomic E-state index is 4.95. The van der Waals surface area contributed by atoms with Gasteiger partial charge in [0.1, 0.15) is 0 Å². The lowest BCUT2D eigenvalue weighted by atomic mass is 9.81. The number of aromatic nitrogens is 3. The van der Waals surface area contributed by atoms with Gasteiger partial charge >= 0.3 is 0 Å². The summed E-state index contributed by atoms with van der Waals surface area (Å²) < 4.78 is 1.03. The van der Waals surface area contributed by atoms with Crippen molar-refractivity contribution < 1.29 is 0 Å². The maximum absolute atomic E-state index is 4.95. The molecule has 4 heteroatoms. The van der Waals surface area contributed by atoms with E-state index in [1.54, 1.807) is 0 Å². The number of hydrogen-bond donors (Lipinski definition) is 0. The lowest BCUT2D eigenvalue weighted by molar-refractivity contribution is 0.660. The van der Waals surface area contributed by atoms with Crippen LogP contribution in [0.5, 0.6) is 0 Å². The van der Waals surface area contributed by atoms with Crippen LogP contribution in [0.2, 0.25) is 0 Å². The summed E-state index contributed by atoms with van der Waals surface area (Å²) >= 11 is 3.82. The Bertz CT molecular complexity index is 2180. The van der Waals surface area contributed by atoms with Gasteiger partial charge in [-0.25, -0.2) is 15.0 Å². The molecule has 1 heterocycles. The van der Waals surface area contributed by atoms with E-state index in [9.17, 15) is 0 Å². The van der Waals surface area contributed by atoms with E-state index in [2.05, 4.69) is 115 Å². The molecule has 0 atom stereocenters. The molecule has 1 aliphatic rings. The molecule has 0 amide bonds. The van der Waals surface area contributed by atoms with E-state index in [1.807, 2.05) is 60.7 Å². The number of hydrogen-bond acceptors (Lipinski definition) is 3. The topological polar surface area (TPSA) is 38.7 Å². The Balaban J connectivity index is 1.20. The molecule has 0 fully saturated rings. The van der Waals surface area contributed by atoms with Crippen LogP contribution in [0.3, 0.4) is 0 Å². The molecule has 8 rings (SSSR count). The van der Waals surface area contributed by atoms with Crippen LogP contribution in [0.1, 0.15) is 25.0 Å². The van der Waals surface area contributed by atoms with Gasteiger partial charge in [0.05, 0.1) is 0 Å². The normalized spacial score (nSPS) is 12.8. The van der Waals surface area contributed by atoms with E-state index in [0.29, 0.717) is 17.5 Å². The number of fused-ring (bicyclic) bond motifs is 3. The minimum Gasteiger partial charge on any atom is -0.208 e. The van der Waals surface area contributed by atoms with Crippen LogP contribution in [0.4, 0.5) is 0 Å². The molecule has 0 saturated heterocycles. The second kappa shape index (κ2) is 11.3. The minimum atomic E-state index is -0.0488. The van der Waals surface area contributed by atoms with Crippen LogP contribution in [0.15, 0.2) is 150 Å². The van der Waals surface area contributed by atoms with Gasteiger partial charge < -0.3 is 0 Å². The summed E-state index contributed by atoms with van der Waals surface area (Å²) in [4.78, 5) is 14.8. The lowest BCUT2D eigenvalue weighted by Crippen LogP contribution is -2.14. The zero-order valence-electron chi connectivity index (χ0n) is 25.6. The summed E-state index contributed by atoms with van der Waals surface area (Å²) in [6.45, 7) is 4.65. The molecule has 0 N–H and O–H groups in total. The average molecular weight is 657 g/mol. The van der Waals surface area contributed by atoms with Crippen LogP contribution in [-0.2, 0) is 5.41 Å². The van der Waals surface area contributed by atoms with Gasteiger partial charge in [-0.2, -0.15) is 0 Å². The van der Waals surface area contributed by atoms with Gasteiger partial charge in [-0.1, -0.05) is 145 Å². The van der Waals surface area contributed by atoms with Gasteiger partial charge in [0, 0.05) is 26.6 Å². The monoisotopic (exact) mass is 655 g/mol. The van der Waals surface area contributed by atoms with Crippen molar-refractivity contribution in [1.82, 2.24) is 15.0 Å². The summed E-state index contributed by atoms with van der Waals surface area (Å²) in [6, 6.07) is 51.0. The van der Waals surface area contributed by atoms with E-state index in [0.717, 1.165) is 32.3 Å². The molecule has 46 heavy (non-hydrogen) atoms. The van der Waals surface area contributed by atoms with Crippen molar-refractivity contribution in [1.29, 1.82) is 0 Å². The zero-order chi connectivity index (χ0) is 31.3. The molecule has 0 aliphatic heterocycles. The molecule has 6 aromatic carbocycles. The van der Waals surface area contributed by atoms with Crippen LogP contribution < -0.4 is 0 Å². The molecule has 0 unspecified atom stereocenters. The summed E-state index contributed by atoms with van der Waals surface area (Å²) in [5.74, 6) is 1.95. The maximum Gasteiger partial charge on any atom is 0.164 e. The third-order valence-corrected chi connectivity index (χ3v) is 9.43. The van der Waals surface area contributed by atoms with Crippen molar-refractivity contribution in [3.63, 3.8) is 0 Å². The Morgan fingerprint density at radius 2 is 0.870 bits per heavy atom. The predicted molar refractivity (Wildman–Crippen MR) is 192 cm³/mol. The summed E-state index contributed by atoms with van der Waals surface area (Å²) in [5.41, 5.74) is 12.8. The molecule has 220 valence electrons. The highest BCUT2D eigenvalue weighted by Crippen LogP contribution is 2.49. The van der Waals surface area contributed by atoms with Gasteiger partial charge in [-0.3, -0.25) is 0 Å². The molecular weight excluding hydrogens is 626 g/mol. The average Bonchev–Trinajstić information content (AvgIpc) is 3.34. The first-order valence-electron chi connectivity index (χ1n) is 15.5. The molecule has 0 bridgehead atoms. The van der Waals surface area contributed by atoms with Gasteiger partial charge in [-0.05, 0) is 74.8 Å². The largest absolute Gasteiger partial charge is 0.208 e. The third-order valence-electron chi connectivity index (χ3n) is 8.97. The summed E-state index contributed by atoms with van der Waals surface area (Å²) in [5, 5.41) is 0. The summed E-state index contributed by atoms with van der Waals surface area (Å²) in [7, 11) is 0. The molecule has 1 aliphatic carbocycles. The van der Waals surface area contributed by atoms with Crippen molar-refractivity contribution in [3.8, 4) is 67.5 Å². The van der Waals surface area contributed by atoms with Crippen molar-refractivity contribution >= 4 is 15.9 Å². The Labute approximate surface area is 277 Å². The van der Waals surface area contributed by atoms with Crippen LogP contribution in [0.25, 0.3) is 67.5 Å². The number of benzene rings is 6. The van der Waals surface area contributed by atoms with Crippen molar-refractivity contribution in [2.45, 2.75) is 19.3 Å². The van der Waals surface area contributed by atoms with Gasteiger partial charge in [-0.15, -0.1) is 0 Å². The molecule has 0 spiro atoms. The number of rotatable bonds is 5. The van der Waals surface area contributed by atoms with E-state index in [-0.39, 0.29) is 5.41 Å². The number of nitrogens with zero attached hydrogens (tertiary/aromatic N) is 3. The second-order valence-electron chi connectivity index (χ2n) is 12.3. The fraction of sp³-hybridized carbons (Fsp3) is 0.0714. The van der Waals surface area contributed by atoms with Gasteiger partial charge in [0.2, 0.25) is 0 Å². The van der Waals surface area contributed by atoms with Gasteiger partial charge in [0.25, 0.3) is 0 Å². The number of halogens is 1. The quantitative estimate of drug-likeness (QED) is 0.185.